The van der Waals surface area contributed by atoms with Gasteiger partial charge in [-0.25, -0.2) is 4.57 Å². The average Bonchev–Trinajstić information content (AvgIpc) is 3.27. The van der Waals surface area contributed by atoms with E-state index >= 15 is 0 Å². The number of carbonyl (C=O) groups is 1. The summed E-state index contributed by atoms with van der Waals surface area (Å²) in [5.41, 5.74) is 0. The van der Waals surface area contributed by atoms with Crippen LogP contribution in [0.2, 0.25) is 0 Å². The lowest BCUT2D eigenvalue weighted by Crippen LogP contribution is -2.64. The molecule has 9 N–H and O–H groups in total. The van der Waals surface area contributed by atoms with Gasteiger partial charge in [0.15, 0.2) is 0 Å². The van der Waals surface area contributed by atoms with Gasteiger partial charge in [-0.05, 0) is 19.3 Å². The lowest BCUT2D eigenvalue weighted by atomic mass is 9.85. The summed E-state index contributed by atoms with van der Waals surface area (Å²) in [5, 5.41) is 74.7. The second-order valence-corrected chi connectivity index (χ2v) is 20.3. The third kappa shape index (κ3) is 31.2. The number of rotatable bonds is 44. The Morgan fingerprint density at radius 2 is 0.891 bits per heavy atom. The number of phosphoric acid groups is 1. The van der Waals surface area contributed by atoms with Crippen molar-refractivity contribution in [1.82, 2.24) is 5.32 Å². The number of allylic oxidation sites excluding steroid dienone is 1. The van der Waals surface area contributed by atoms with E-state index in [1.807, 2.05) is 0 Å². The summed E-state index contributed by atoms with van der Waals surface area (Å²) in [4.78, 5) is 23.5. The zero-order valence-corrected chi connectivity index (χ0v) is 41.4. The molecule has 1 amide bonds. The molecule has 8 unspecified atom stereocenters. The monoisotopic (exact) mass is 936 g/mol. The summed E-state index contributed by atoms with van der Waals surface area (Å²) < 4.78 is 22.9. The van der Waals surface area contributed by atoms with Crippen molar-refractivity contribution < 1.29 is 59.0 Å². The van der Waals surface area contributed by atoms with Crippen molar-refractivity contribution in [3.05, 3.63) is 12.2 Å². The van der Waals surface area contributed by atoms with E-state index in [9.17, 15) is 50.0 Å². The van der Waals surface area contributed by atoms with E-state index in [1.54, 1.807) is 6.08 Å². The third-order valence-electron chi connectivity index (χ3n) is 12.9. The summed E-state index contributed by atoms with van der Waals surface area (Å²) in [5.74, 6) is -0.588. The molecule has 380 valence electrons. The molecule has 64 heavy (non-hydrogen) atoms. The third-order valence-corrected chi connectivity index (χ3v) is 13.9. The molecule has 0 aliphatic heterocycles. The molecule has 1 rings (SSSR count). The zero-order chi connectivity index (χ0) is 47.3. The molecule has 0 aromatic rings. The van der Waals surface area contributed by atoms with Gasteiger partial charge in [0.25, 0.3) is 0 Å². The lowest BCUT2D eigenvalue weighted by molar-refractivity contribution is -0.220. The Labute approximate surface area is 389 Å². The van der Waals surface area contributed by atoms with E-state index in [0.717, 1.165) is 44.9 Å². The highest BCUT2D eigenvalue weighted by Gasteiger charge is 2.51. The van der Waals surface area contributed by atoms with E-state index in [4.69, 9.17) is 9.05 Å². The van der Waals surface area contributed by atoms with Crippen LogP contribution in [0, 0.1) is 0 Å². The lowest BCUT2D eigenvalue weighted by Gasteiger charge is -2.41. The predicted molar refractivity (Wildman–Crippen MR) is 257 cm³/mol. The fourth-order valence-electron chi connectivity index (χ4n) is 8.60. The Morgan fingerprint density at radius 1 is 0.547 bits per heavy atom. The predicted octanol–water partition coefficient (Wildman–Crippen LogP) is 9.76. The Kier molecular flexibility index (Phi) is 38.1. The van der Waals surface area contributed by atoms with Crippen LogP contribution in [-0.4, -0.2) is 108 Å². The first-order chi connectivity index (χ1) is 30.8. The van der Waals surface area contributed by atoms with Crippen LogP contribution in [0.5, 0.6) is 0 Å². The minimum absolute atomic E-state index is 0.239. The summed E-state index contributed by atoms with van der Waals surface area (Å²) in [6.07, 6.45) is 30.1. The fourth-order valence-corrected chi connectivity index (χ4v) is 9.56. The Bertz CT molecular complexity index is 1150. The molecular weight excluding hydrogens is 838 g/mol. The molecule has 0 aromatic heterocycles. The van der Waals surface area contributed by atoms with Crippen LogP contribution >= 0.6 is 7.82 Å². The molecule has 0 saturated heterocycles. The Hall–Kier alpha value is -0.960. The van der Waals surface area contributed by atoms with Gasteiger partial charge < -0.3 is 46.0 Å². The van der Waals surface area contributed by atoms with Crippen molar-refractivity contribution >= 4 is 13.7 Å². The summed E-state index contributed by atoms with van der Waals surface area (Å²) in [7, 11) is -5.14. The van der Waals surface area contributed by atoms with Gasteiger partial charge in [0, 0.05) is 0 Å². The molecule has 0 aromatic carbocycles. The van der Waals surface area contributed by atoms with Crippen LogP contribution in [-0.2, 0) is 18.4 Å². The number of nitrogens with one attached hydrogen (secondary N) is 1. The van der Waals surface area contributed by atoms with Crippen LogP contribution in [0.4, 0.5) is 0 Å². The molecule has 0 spiro atoms. The molecule has 0 heterocycles. The van der Waals surface area contributed by atoms with E-state index in [-0.39, 0.29) is 6.42 Å². The molecule has 14 heteroatoms. The van der Waals surface area contributed by atoms with Crippen LogP contribution in [0.25, 0.3) is 0 Å². The molecule has 8 atom stereocenters. The molecule has 0 radical (unpaired) electrons. The maximum absolute atomic E-state index is 13.0. The van der Waals surface area contributed by atoms with Crippen LogP contribution in [0.15, 0.2) is 12.2 Å². The second kappa shape index (κ2) is 40.0. The minimum Gasteiger partial charge on any atom is -0.393 e. The van der Waals surface area contributed by atoms with Crippen molar-refractivity contribution in [1.29, 1.82) is 0 Å². The summed E-state index contributed by atoms with van der Waals surface area (Å²) in [6, 6.07) is -1.24. The quantitative estimate of drug-likeness (QED) is 0.0158. The molecule has 13 nitrogen and oxygen atoms in total. The van der Waals surface area contributed by atoms with E-state index < -0.39 is 75.2 Å². The molecule has 1 aliphatic rings. The number of phosphoric ester groups is 1. The number of hydrogen-bond donors (Lipinski definition) is 9. The molecule has 1 saturated carbocycles. The first kappa shape index (κ1) is 61.1. The maximum Gasteiger partial charge on any atom is 0.472 e. The van der Waals surface area contributed by atoms with E-state index in [1.165, 1.54) is 167 Å². The number of aliphatic hydroxyl groups is 7. The van der Waals surface area contributed by atoms with E-state index in [0.29, 0.717) is 12.8 Å². The SMILES string of the molecule is CCCCCCCCCCCCCCC/C=C/C(O)C(COP(=O)(O)OC1C(O)C(O)C(O)C(O)C1O)NC(=O)CC(O)CCCCCCCCCCCCCCCCCCCCC. The largest absolute Gasteiger partial charge is 0.472 e. The van der Waals surface area contributed by atoms with Gasteiger partial charge in [0.2, 0.25) is 5.91 Å². The van der Waals surface area contributed by atoms with Gasteiger partial charge in [-0.1, -0.05) is 225 Å². The molecule has 0 bridgehead atoms. The van der Waals surface area contributed by atoms with Crippen molar-refractivity contribution in [3.8, 4) is 0 Å². The van der Waals surface area contributed by atoms with Gasteiger partial charge >= 0.3 is 7.82 Å². The van der Waals surface area contributed by atoms with Crippen LogP contribution in [0.3, 0.4) is 0 Å². The number of carbonyl (C=O) groups excluding carboxylic acids is 1. The Morgan fingerprint density at radius 3 is 1.28 bits per heavy atom. The summed E-state index contributed by atoms with van der Waals surface area (Å²) >= 11 is 0. The van der Waals surface area contributed by atoms with Gasteiger partial charge in [-0.3, -0.25) is 13.8 Å². The molecule has 1 aliphatic carbocycles. The highest BCUT2D eigenvalue weighted by molar-refractivity contribution is 7.47. The highest BCUT2D eigenvalue weighted by atomic mass is 31.2. The van der Waals surface area contributed by atoms with Gasteiger partial charge in [0.05, 0.1) is 31.3 Å². The maximum atomic E-state index is 13.0. The number of amides is 1. The molecular formula is C50H98NO12P. The smallest absolute Gasteiger partial charge is 0.393 e. The van der Waals surface area contributed by atoms with Gasteiger partial charge in [0.1, 0.15) is 36.6 Å². The first-order valence-electron chi connectivity index (χ1n) is 26.2. The van der Waals surface area contributed by atoms with Crippen LogP contribution < -0.4 is 5.32 Å². The van der Waals surface area contributed by atoms with Crippen molar-refractivity contribution in [2.45, 2.75) is 293 Å². The van der Waals surface area contributed by atoms with Crippen molar-refractivity contribution in [2.24, 2.45) is 0 Å². The van der Waals surface area contributed by atoms with E-state index in [2.05, 4.69) is 19.2 Å². The van der Waals surface area contributed by atoms with Gasteiger partial charge in [-0.15, -0.1) is 0 Å². The zero-order valence-electron chi connectivity index (χ0n) is 40.5. The minimum atomic E-state index is -5.14. The second-order valence-electron chi connectivity index (χ2n) is 18.9. The van der Waals surface area contributed by atoms with Crippen molar-refractivity contribution in [2.75, 3.05) is 6.61 Å². The normalized spacial score (nSPS) is 22.7. The average molecular weight is 936 g/mol. The number of aliphatic hydroxyl groups excluding tert-OH is 7. The van der Waals surface area contributed by atoms with Gasteiger partial charge in [-0.2, -0.15) is 0 Å². The highest BCUT2D eigenvalue weighted by Crippen LogP contribution is 2.47. The fraction of sp³-hybridized carbons (Fsp3) is 0.940. The topological polar surface area (TPSA) is 226 Å². The first-order valence-corrected chi connectivity index (χ1v) is 27.7. The van der Waals surface area contributed by atoms with Crippen molar-refractivity contribution in [3.63, 3.8) is 0 Å². The number of unbranched alkanes of at least 4 members (excludes halogenated alkanes) is 31. The van der Waals surface area contributed by atoms with Crippen LogP contribution in [0.1, 0.15) is 239 Å². The Balaban J connectivity index is 2.45. The standard InChI is InChI=1S/C50H98NO12P/c1-3-5-7-9-11-13-15-17-19-20-21-22-24-25-27-29-31-33-35-37-41(52)39-44(54)51-42(40-62-64(60,61)63-50-48(58)46(56)45(55)47(57)49(50)59)43(53)38-36-34-32-30-28-26-23-18-16-14-12-10-8-6-4-2/h36,38,41-43,45-50,52-53,55-59H,3-35,37,39-40H2,1-2H3,(H,51,54)(H,60,61)/b38-36+. The summed E-state index contributed by atoms with van der Waals surface area (Å²) in [6.45, 7) is 3.77. The number of hydrogen-bond acceptors (Lipinski definition) is 11. The molecule has 1 fully saturated rings.